The maximum atomic E-state index is 9.53. The van der Waals surface area contributed by atoms with Crippen LogP contribution in [-0.2, 0) is 0 Å². The molecule has 0 aromatic heterocycles. The van der Waals surface area contributed by atoms with Gasteiger partial charge in [0.05, 0.1) is 12.2 Å². The van der Waals surface area contributed by atoms with E-state index < -0.39 is 6.10 Å². The van der Waals surface area contributed by atoms with Crippen LogP contribution in [0.25, 0.3) is 0 Å². The van der Waals surface area contributed by atoms with Crippen LogP contribution >= 0.6 is 15.9 Å². The highest BCUT2D eigenvalue weighted by molar-refractivity contribution is 9.10. The van der Waals surface area contributed by atoms with Crippen LogP contribution < -0.4 is 4.90 Å². The van der Waals surface area contributed by atoms with E-state index in [4.69, 9.17) is 0 Å². The molecule has 2 atom stereocenters. The average molecular weight is 302 g/mol. The normalized spacial score (nSPS) is 14.5. The Morgan fingerprint density at radius 2 is 1.94 bits per heavy atom. The Labute approximate surface area is 111 Å². The second-order valence-corrected chi connectivity index (χ2v) is 5.30. The molecule has 0 radical (unpaired) electrons. The molecule has 0 spiro atoms. The molecule has 0 saturated carbocycles. The lowest BCUT2D eigenvalue weighted by molar-refractivity contribution is 0.187. The third kappa shape index (κ3) is 4.30. The van der Waals surface area contributed by atoms with E-state index in [1.807, 2.05) is 25.2 Å². The van der Waals surface area contributed by atoms with Crippen molar-refractivity contribution < 1.29 is 10.2 Å². The monoisotopic (exact) mass is 301 g/mol. The summed E-state index contributed by atoms with van der Waals surface area (Å²) in [5, 5.41) is 18.8. The summed E-state index contributed by atoms with van der Waals surface area (Å²) in [5.74, 6) is 0. The molecule has 0 aliphatic carbocycles. The first-order valence-electron chi connectivity index (χ1n) is 5.78. The lowest BCUT2D eigenvalue weighted by Gasteiger charge is -2.21. The molecule has 0 fully saturated rings. The molecule has 1 aromatic rings. The zero-order valence-electron chi connectivity index (χ0n) is 10.5. The summed E-state index contributed by atoms with van der Waals surface area (Å²) in [6.45, 7) is 4.34. The van der Waals surface area contributed by atoms with Gasteiger partial charge in [0.2, 0.25) is 0 Å². The Bertz CT molecular complexity index is 366. The minimum absolute atomic E-state index is 0.280. The molecule has 96 valence electrons. The first kappa shape index (κ1) is 14.5. The van der Waals surface area contributed by atoms with Crippen LogP contribution in [0.1, 0.15) is 31.9 Å². The highest BCUT2D eigenvalue weighted by Gasteiger charge is 2.09. The van der Waals surface area contributed by atoms with Gasteiger partial charge in [-0.3, -0.25) is 0 Å². The lowest BCUT2D eigenvalue weighted by atomic mass is 10.1. The zero-order valence-corrected chi connectivity index (χ0v) is 12.1. The number of anilines is 1. The van der Waals surface area contributed by atoms with Crippen molar-refractivity contribution >= 4 is 21.6 Å². The summed E-state index contributed by atoms with van der Waals surface area (Å²) in [6, 6.07) is 5.89. The average Bonchev–Trinajstić information content (AvgIpc) is 2.25. The molecule has 0 bridgehead atoms. The second-order valence-electron chi connectivity index (χ2n) is 4.44. The van der Waals surface area contributed by atoms with Crippen molar-refractivity contribution in [2.75, 3.05) is 18.5 Å². The number of aliphatic hydroxyl groups is 2. The van der Waals surface area contributed by atoms with E-state index in [1.165, 1.54) is 0 Å². The Morgan fingerprint density at radius 3 is 2.41 bits per heavy atom. The van der Waals surface area contributed by atoms with E-state index in [1.54, 1.807) is 13.8 Å². The van der Waals surface area contributed by atoms with Crippen molar-refractivity contribution in [1.82, 2.24) is 0 Å². The van der Waals surface area contributed by atoms with E-state index in [9.17, 15) is 10.2 Å². The summed E-state index contributed by atoms with van der Waals surface area (Å²) >= 11 is 3.46. The first-order chi connectivity index (χ1) is 7.91. The molecule has 1 rings (SSSR count). The van der Waals surface area contributed by atoms with Gasteiger partial charge in [-0.15, -0.1) is 0 Å². The predicted octanol–water partition coefficient (Wildman–Crippen LogP) is 2.71. The summed E-state index contributed by atoms with van der Waals surface area (Å²) < 4.78 is 0.911. The van der Waals surface area contributed by atoms with Crippen molar-refractivity contribution in [2.24, 2.45) is 0 Å². The number of aliphatic hydroxyl groups excluding tert-OH is 2. The zero-order chi connectivity index (χ0) is 13.0. The summed E-state index contributed by atoms with van der Waals surface area (Å²) in [4.78, 5) is 2.09. The topological polar surface area (TPSA) is 43.7 Å². The first-order valence-corrected chi connectivity index (χ1v) is 6.58. The van der Waals surface area contributed by atoms with Crippen molar-refractivity contribution in [3.8, 4) is 0 Å². The van der Waals surface area contributed by atoms with Crippen LogP contribution in [0.5, 0.6) is 0 Å². The lowest BCUT2D eigenvalue weighted by Crippen LogP contribution is -2.21. The molecular weight excluding hydrogens is 282 g/mol. The molecule has 0 aliphatic rings. The Morgan fingerprint density at radius 1 is 1.29 bits per heavy atom. The van der Waals surface area contributed by atoms with Gasteiger partial charge in [-0.05, 0) is 38.0 Å². The molecule has 4 heteroatoms. The van der Waals surface area contributed by atoms with Gasteiger partial charge >= 0.3 is 0 Å². The maximum Gasteiger partial charge on any atom is 0.0772 e. The number of benzene rings is 1. The van der Waals surface area contributed by atoms with Crippen molar-refractivity contribution in [3.05, 3.63) is 28.2 Å². The van der Waals surface area contributed by atoms with Crippen LogP contribution in [0.4, 0.5) is 5.69 Å². The van der Waals surface area contributed by atoms with Crippen molar-refractivity contribution in [3.63, 3.8) is 0 Å². The predicted molar refractivity (Wildman–Crippen MR) is 74.3 cm³/mol. The van der Waals surface area contributed by atoms with Crippen LogP contribution in [-0.4, -0.2) is 29.9 Å². The van der Waals surface area contributed by atoms with E-state index in [0.29, 0.717) is 0 Å². The van der Waals surface area contributed by atoms with Gasteiger partial charge in [0.1, 0.15) is 0 Å². The third-order valence-electron chi connectivity index (χ3n) is 2.76. The SMILES string of the molecule is CC(O)CCN(C)c1ccc(C(C)O)c(Br)c1. The highest BCUT2D eigenvalue weighted by atomic mass is 79.9. The minimum Gasteiger partial charge on any atom is -0.393 e. The van der Waals surface area contributed by atoms with Gasteiger partial charge in [0.15, 0.2) is 0 Å². The van der Waals surface area contributed by atoms with E-state index in [-0.39, 0.29) is 6.10 Å². The summed E-state index contributed by atoms with van der Waals surface area (Å²) in [6.07, 6.45) is -0.00876. The Kier molecular flexibility index (Phi) is 5.43. The van der Waals surface area contributed by atoms with Crippen LogP contribution in [0.3, 0.4) is 0 Å². The molecule has 0 heterocycles. The van der Waals surface area contributed by atoms with Gasteiger partial charge in [-0.1, -0.05) is 22.0 Å². The van der Waals surface area contributed by atoms with E-state index in [0.717, 1.165) is 28.7 Å². The fourth-order valence-corrected chi connectivity index (χ4v) is 2.30. The van der Waals surface area contributed by atoms with Gasteiger partial charge in [-0.25, -0.2) is 0 Å². The number of hydrogen-bond donors (Lipinski definition) is 2. The fraction of sp³-hybridized carbons (Fsp3) is 0.538. The quantitative estimate of drug-likeness (QED) is 0.879. The Balaban J connectivity index is 2.75. The smallest absolute Gasteiger partial charge is 0.0772 e. The number of nitrogens with zero attached hydrogens (tertiary/aromatic N) is 1. The van der Waals surface area contributed by atoms with Crippen molar-refractivity contribution in [1.29, 1.82) is 0 Å². The maximum absolute atomic E-state index is 9.53. The Hall–Kier alpha value is -0.580. The molecular formula is C13H20BrNO2. The number of hydrogen-bond acceptors (Lipinski definition) is 3. The molecule has 0 saturated heterocycles. The molecule has 2 unspecified atom stereocenters. The van der Waals surface area contributed by atoms with Crippen molar-refractivity contribution in [2.45, 2.75) is 32.5 Å². The largest absolute Gasteiger partial charge is 0.393 e. The second kappa shape index (κ2) is 6.38. The number of halogens is 1. The number of rotatable bonds is 5. The molecule has 17 heavy (non-hydrogen) atoms. The molecule has 0 aliphatic heterocycles. The highest BCUT2D eigenvalue weighted by Crippen LogP contribution is 2.27. The molecule has 0 amide bonds. The van der Waals surface area contributed by atoms with Gasteiger partial charge in [0, 0.05) is 23.8 Å². The molecule has 1 aromatic carbocycles. The van der Waals surface area contributed by atoms with E-state index >= 15 is 0 Å². The molecule has 2 N–H and O–H groups in total. The van der Waals surface area contributed by atoms with Gasteiger partial charge < -0.3 is 15.1 Å². The van der Waals surface area contributed by atoms with Crippen LogP contribution in [0.15, 0.2) is 22.7 Å². The van der Waals surface area contributed by atoms with E-state index in [2.05, 4.69) is 20.8 Å². The minimum atomic E-state index is -0.471. The molecule has 3 nitrogen and oxygen atoms in total. The van der Waals surface area contributed by atoms with Gasteiger partial charge in [-0.2, -0.15) is 0 Å². The standard InChI is InChI=1S/C13H20BrNO2/c1-9(16)6-7-15(3)11-4-5-12(10(2)17)13(14)8-11/h4-5,8-10,16-17H,6-7H2,1-3H3. The summed E-state index contributed by atoms with van der Waals surface area (Å²) in [5.41, 5.74) is 1.96. The summed E-state index contributed by atoms with van der Waals surface area (Å²) in [7, 11) is 1.99. The third-order valence-corrected chi connectivity index (χ3v) is 3.44. The fourth-order valence-electron chi connectivity index (χ4n) is 1.60. The van der Waals surface area contributed by atoms with Gasteiger partial charge in [0.25, 0.3) is 0 Å². The van der Waals surface area contributed by atoms with Crippen LogP contribution in [0.2, 0.25) is 0 Å². The van der Waals surface area contributed by atoms with Crippen LogP contribution in [0, 0.1) is 0 Å².